The molecule has 1 amide bonds. The lowest BCUT2D eigenvalue weighted by molar-refractivity contribution is -0.384. The standard InChI is InChI=1S/C24H26N4O5S/c1-3-15-27(34(32,33)23-13-11-21(12-14-23)28(30)31)19-24(29)26(17-20-8-5-4-6-9-20)18-22-10-7-16-25(22)2/h3-14,16H,1,15,17-19H2,2H3. The van der Waals surface area contributed by atoms with Crippen molar-refractivity contribution in [2.45, 2.75) is 18.0 Å². The van der Waals surface area contributed by atoms with Gasteiger partial charge in [0.05, 0.1) is 22.9 Å². The van der Waals surface area contributed by atoms with E-state index in [0.29, 0.717) is 13.1 Å². The lowest BCUT2D eigenvalue weighted by Gasteiger charge is -2.27. The van der Waals surface area contributed by atoms with Crippen molar-refractivity contribution in [2.75, 3.05) is 13.1 Å². The third kappa shape index (κ3) is 5.97. The van der Waals surface area contributed by atoms with Gasteiger partial charge in [0, 0.05) is 44.2 Å². The number of benzene rings is 2. The number of carbonyl (C=O) groups is 1. The van der Waals surface area contributed by atoms with Gasteiger partial charge in [-0.05, 0) is 29.8 Å². The summed E-state index contributed by atoms with van der Waals surface area (Å²) in [5.41, 5.74) is 1.60. The molecule has 0 fully saturated rings. The van der Waals surface area contributed by atoms with E-state index in [1.165, 1.54) is 18.2 Å². The fourth-order valence-corrected chi connectivity index (χ4v) is 4.78. The highest BCUT2D eigenvalue weighted by molar-refractivity contribution is 7.89. The molecule has 178 valence electrons. The largest absolute Gasteiger partial charge is 0.353 e. The van der Waals surface area contributed by atoms with Crippen molar-refractivity contribution in [1.29, 1.82) is 0 Å². The average Bonchev–Trinajstić information content (AvgIpc) is 3.23. The van der Waals surface area contributed by atoms with Crippen molar-refractivity contribution in [3.63, 3.8) is 0 Å². The second-order valence-electron chi connectivity index (χ2n) is 7.68. The molecule has 0 aliphatic rings. The number of rotatable bonds is 11. The molecule has 0 spiro atoms. The fourth-order valence-electron chi connectivity index (χ4n) is 3.42. The summed E-state index contributed by atoms with van der Waals surface area (Å²) >= 11 is 0. The molecule has 2 aromatic carbocycles. The van der Waals surface area contributed by atoms with E-state index in [9.17, 15) is 23.3 Å². The van der Waals surface area contributed by atoms with Crippen molar-refractivity contribution in [1.82, 2.24) is 13.8 Å². The first-order valence-electron chi connectivity index (χ1n) is 10.5. The smallest absolute Gasteiger partial charge is 0.269 e. The number of nitro benzene ring substituents is 1. The van der Waals surface area contributed by atoms with Gasteiger partial charge in [0.25, 0.3) is 5.69 Å². The second-order valence-corrected chi connectivity index (χ2v) is 9.62. The van der Waals surface area contributed by atoms with Crippen LogP contribution in [0.1, 0.15) is 11.3 Å². The van der Waals surface area contributed by atoms with E-state index < -0.39 is 21.5 Å². The van der Waals surface area contributed by atoms with Crippen LogP contribution < -0.4 is 0 Å². The first-order chi connectivity index (χ1) is 16.2. The van der Waals surface area contributed by atoms with Gasteiger partial charge in [-0.1, -0.05) is 36.4 Å². The summed E-state index contributed by atoms with van der Waals surface area (Å²) in [7, 11) is -2.21. The number of carbonyl (C=O) groups excluding carboxylic acids is 1. The maximum Gasteiger partial charge on any atom is 0.269 e. The molecule has 1 aromatic heterocycles. The van der Waals surface area contributed by atoms with E-state index in [-0.39, 0.29) is 23.0 Å². The van der Waals surface area contributed by atoms with Gasteiger partial charge >= 0.3 is 0 Å². The van der Waals surface area contributed by atoms with Crippen molar-refractivity contribution < 1.29 is 18.1 Å². The molecule has 1 heterocycles. The Bertz CT molecular complexity index is 1250. The Hall–Kier alpha value is -3.76. The van der Waals surface area contributed by atoms with Gasteiger partial charge in [-0.2, -0.15) is 4.31 Å². The van der Waals surface area contributed by atoms with Gasteiger partial charge in [-0.25, -0.2) is 8.42 Å². The summed E-state index contributed by atoms with van der Waals surface area (Å²) in [6.07, 6.45) is 3.28. The van der Waals surface area contributed by atoms with Crippen molar-refractivity contribution in [3.05, 3.63) is 107 Å². The molecule has 0 bridgehead atoms. The Morgan fingerprint density at radius 1 is 1.06 bits per heavy atom. The maximum atomic E-state index is 13.4. The number of hydrogen-bond donors (Lipinski definition) is 0. The summed E-state index contributed by atoms with van der Waals surface area (Å²) in [5, 5.41) is 10.9. The quantitative estimate of drug-likeness (QED) is 0.237. The summed E-state index contributed by atoms with van der Waals surface area (Å²) in [5.74, 6) is -0.377. The normalized spacial score (nSPS) is 11.4. The number of sulfonamides is 1. The van der Waals surface area contributed by atoms with Crippen LogP contribution in [0.5, 0.6) is 0 Å². The minimum Gasteiger partial charge on any atom is -0.353 e. The van der Waals surface area contributed by atoms with Gasteiger partial charge in [-0.3, -0.25) is 14.9 Å². The number of non-ortho nitro benzene ring substituents is 1. The van der Waals surface area contributed by atoms with Crippen molar-refractivity contribution in [2.24, 2.45) is 7.05 Å². The van der Waals surface area contributed by atoms with Crippen molar-refractivity contribution >= 4 is 21.6 Å². The molecule has 0 aliphatic heterocycles. The third-order valence-corrected chi connectivity index (χ3v) is 7.13. The Morgan fingerprint density at radius 3 is 2.29 bits per heavy atom. The van der Waals surface area contributed by atoms with Crippen LogP contribution in [0.25, 0.3) is 0 Å². The van der Waals surface area contributed by atoms with Crippen molar-refractivity contribution in [3.8, 4) is 0 Å². The van der Waals surface area contributed by atoms with Crippen LogP contribution in [0.4, 0.5) is 5.69 Å². The highest BCUT2D eigenvalue weighted by atomic mass is 32.2. The molecular weight excluding hydrogens is 456 g/mol. The monoisotopic (exact) mass is 482 g/mol. The SMILES string of the molecule is C=CCN(CC(=O)N(Cc1ccccc1)Cc1cccn1C)S(=O)(=O)c1ccc([N+](=O)[O-])cc1. The number of nitrogens with zero attached hydrogens (tertiary/aromatic N) is 4. The van der Waals surface area contributed by atoms with Crippen LogP contribution in [-0.2, 0) is 35.0 Å². The van der Waals surface area contributed by atoms with Crippen LogP contribution in [0.2, 0.25) is 0 Å². The molecule has 0 unspecified atom stereocenters. The molecule has 0 atom stereocenters. The minimum atomic E-state index is -4.09. The Morgan fingerprint density at radius 2 is 1.74 bits per heavy atom. The van der Waals surface area contributed by atoms with E-state index >= 15 is 0 Å². The molecule has 34 heavy (non-hydrogen) atoms. The van der Waals surface area contributed by atoms with Gasteiger partial charge in [-0.15, -0.1) is 6.58 Å². The van der Waals surface area contributed by atoms with E-state index in [4.69, 9.17) is 0 Å². The number of hydrogen-bond acceptors (Lipinski definition) is 5. The topological polar surface area (TPSA) is 106 Å². The Labute approximate surface area is 198 Å². The zero-order valence-corrected chi connectivity index (χ0v) is 19.6. The van der Waals surface area contributed by atoms with E-state index in [1.807, 2.05) is 60.3 Å². The molecule has 0 N–H and O–H groups in total. The zero-order chi connectivity index (χ0) is 24.7. The summed E-state index contributed by atoms with van der Waals surface area (Å²) in [4.78, 5) is 25.1. The van der Waals surface area contributed by atoms with E-state index in [0.717, 1.165) is 27.7 Å². The molecule has 0 saturated carbocycles. The van der Waals surface area contributed by atoms with Crippen LogP contribution in [0.3, 0.4) is 0 Å². The predicted molar refractivity (Wildman–Crippen MR) is 128 cm³/mol. The Kier molecular flexibility index (Phi) is 7.98. The molecule has 0 aliphatic carbocycles. The van der Waals surface area contributed by atoms with Gasteiger partial charge in [0.1, 0.15) is 0 Å². The number of aromatic nitrogens is 1. The highest BCUT2D eigenvalue weighted by Crippen LogP contribution is 2.20. The summed E-state index contributed by atoms with van der Waals surface area (Å²) < 4.78 is 29.4. The number of aryl methyl sites for hydroxylation is 1. The highest BCUT2D eigenvalue weighted by Gasteiger charge is 2.28. The molecule has 3 rings (SSSR count). The average molecular weight is 483 g/mol. The van der Waals surface area contributed by atoms with E-state index in [2.05, 4.69) is 6.58 Å². The first-order valence-corrected chi connectivity index (χ1v) is 11.9. The lowest BCUT2D eigenvalue weighted by Crippen LogP contribution is -2.42. The summed E-state index contributed by atoms with van der Waals surface area (Å²) in [6, 6.07) is 17.8. The second kappa shape index (κ2) is 10.9. The maximum absolute atomic E-state index is 13.4. The molecular formula is C24H26N4O5S. The van der Waals surface area contributed by atoms with Crippen LogP contribution in [-0.4, -0.2) is 46.1 Å². The predicted octanol–water partition coefficient (Wildman–Crippen LogP) is 3.34. The third-order valence-electron chi connectivity index (χ3n) is 5.30. The molecule has 10 heteroatoms. The first kappa shape index (κ1) is 24.9. The number of nitro groups is 1. The van der Waals surface area contributed by atoms with Crippen LogP contribution in [0, 0.1) is 10.1 Å². The lowest BCUT2D eigenvalue weighted by atomic mass is 10.2. The Balaban J connectivity index is 1.86. The zero-order valence-electron chi connectivity index (χ0n) is 18.8. The van der Waals surface area contributed by atoms with Crippen LogP contribution >= 0.6 is 0 Å². The minimum absolute atomic E-state index is 0.0889. The van der Waals surface area contributed by atoms with Gasteiger partial charge in [0.15, 0.2) is 0 Å². The molecule has 0 radical (unpaired) electrons. The van der Waals surface area contributed by atoms with E-state index in [1.54, 1.807) is 4.90 Å². The molecule has 3 aromatic rings. The van der Waals surface area contributed by atoms with Crippen LogP contribution in [0.15, 0.2) is 90.5 Å². The van der Waals surface area contributed by atoms with Gasteiger partial charge in [0.2, 0.25) is 15.9 Å². The molecule has 9 nitrogen and oxygen atoms in total. The number of amides is 1. The summed E-state index contributed by atoms with van der Waals surface area (Å²) in [6.45, 7) is 3.74. The fraction of sp³-hybridized carbons (Fsp3) is 0.208. The van der Waals surface area contributed by atoms with Gasteiger partial charge < -0.3 is 9.47 Å². The molecule has 0 saturated heterocycles.